The summed E-state index contributed by atoms with van der Waals surface area (Å²) in [6, 6.07) is 3.76. The standard InChI is InChI=1S/C14H21NO3S2/c1-2-3-7-15(12-6-9-20(17,18)11-12)14(16)10-13-5-4-8-19-13/h4-5,8,12H,2-3,6-7,9-11H2,1H3. The van der Waals surface area contributed by atoms with Crippen molar-refractivity contribution in [3.8, 4) is 0 Å². The first-order valence-electron chi connectivity index (χ1n) is 7.04. The van der Waals surface area contributed by atoms with Crippen molar-refractivity contribution in [2.75, 3.05) is 18.1 Å². The van der Waals surface area contributed by atoms with E-state index in [1.807, 2.05) is 17.5 Å². The maximum absolute atomic E-state index is 12.5. The maximum atomic E-state index is 12.5. The van der Waals surface area contributed by atoms with Gasteiger partial charge in [-0.2, -0.15) is 0 Å². The molecule has 2 rings (SSSR count). The van der Waals surface area contributed by atoms with E-state index in [1.54, 1.807) is 16.2 Å². The number of unbranched alkanes of at least 4 members (excludes halogenated alkanes) is 1. The number of sulfone groups is 1. The Morgan fingerprint density at radius 3 is 2.85 bits per heavy atom. The highest BCUT2D eigenvalue weighted by molar-refractivity contribution is 7.91. The Morgan fingerprint density at radius 1 is 1.50 bits per heavy atom. The predicted molar refractivity (Wildman–Crippen MR) is 81.7 cm³/mol. The highest BCUT2D eigenvalue weighted by atomic mass is 32.2. The van der Waals surface area contributed by atoms with Crippen molar-refractivity contribution >= 4 is 27.1 Å². The molecule has 1 atom stereocenters. The van der Waals surface area contributed by atoms with Crippen LogP contribution in [-0.4, -0.2) is 43.3 Å². The molecule has 1 aliphatic heterocycles. The summed E-state index contributed by atoms with van der Waals surface area (Å²) in [6.45, 7) is 2.74. The van der Waals surface area contributed by atoms with Crippen LogP contribution in [0.25, 0.3) is 0 Å². The van der Waals surface area contributed by atoms with Crippen molar-refractivity contribution in [1.82, 2.24) is 4.90 Å². The van der Waals surface area contributed by atoms with Gasteiger partial charge in [0.2, 0.25) is 5.91 Å². The summed E-state index contributed by atoms with van der Waals surface area (Å²) >= 11 is 1.57. The molecule has 0 spiro atoms. The van der Waals surface area contributed by atoms with Gasteiger partial charge in [0.05, 0.1) is 17.9 Å². The minimum atomic E-state index is -2.95. The molecule has 2 heterocycles. The Morgan fingerprint density at radius 2 is 2.30 bits per heavy atom. The molecule has 112 valence electrons. The van der Waals surface area contributed by atoms with Crippen LogP contribution in [0.5, 0.6) is 0 Å². The molecule has 1 amide bonds. The van der Waals surface area contributed by atoms with Crippen LogP contribution >= 0.6 is 11.3 Å². The molecule has 0 N–H and O–H groups in total. The third kappa shape index (κ3) is 4.06. The van der Waals surface area contributed by atoms with Gasteiger partial charge in [-0.15, -0.1) is 11.3 Å². The summed E-state index contributed by atoms with van der Waals surface area (Å²) in [5.74, 6) is 0.405. The molecule has 0 bridgehead atoms. The lowest BCUT2D eigenvalue weighted by Crippen LogP contribution is -2.42. The van der Waals surface area contributed by atoms with E-state index in [9.17, 15) is 13.2 Å². The average molecular weight is 315 g/mol. The monoisotopic (exact) mass is 315 g/mol. The molecule has 0 aliphatic carbocycles. The number of thiophene rings is 1. The molecule has 20 heavy (non-hydrogen) atoms. The van der Waals surface area contributed by atoms with Gasteiger partial charge in [0.15, 0.2) is 9.84 Å². The van der Waals surface area contributed by atoms with Crippen LogP contribution in [0.1, 0.15) is 31.1 Å². The Kier molecular flexibility index (Phi) is 5.21. The van der Waals surface area contributed by atoms with Crippen LogP contribution in [0.3, 0.4) is 0 Å². The summed E-state index contributed by atoms with van der Waals surface area (Å²) < 4.78 is 23.2. The van der Waals surface area contributed by atoms with Gasteiger partial charge in [-0.1, -0.05) is 19.4 Å². The quantitative estimate of drug-likeness (QED) is 0.808. The lowest BCUT2D eigenvalue weighted by atomic mass is 10.1. The van der Waals surface area contributed by atoms with E-state index in [-0.39, 0.29) is 23.5 Å². The topological polar surface area (TPSA) is 54.5 Å². The van der Waals surface area contributed by atoms with Gasteiger partial charge in [0, 0.05) is 17.5 Å². The Hall–Kier alpha value is -0.880. The highest BCUT2D eigenvalue weighted by Crippen LogP contribution is 2.20. The molecule has 0 radical (unpaired) electrons. The number of carbonyl (C=O) groups is 1. The van der Waals surface area contributed by atoms with Crippen LogP contribution in [0.15, 0.2) is 17.5 Å². The zero-order valence-electron chi connectivity index (χ0n) is 11.7. The van der Waals surface area contributed by atoms with Crippen LogP contribution in [0, 0.1) is 0 Å². The van der Waals surface area contributed by atoms with Crippen molar-refractivity contribution in [1.29, 1.82) is 0 Å². The van der Waals surface area contributed by atoms with Crippen molar-refractivity contribution in [3.05, 3.63) is 22.4 Å². The first kappa shape index (κ1) is 15.5. The molecular formula is C14H21NO3S2. The first-order chi connectivity index (χ1) is 9.52. The fraction of sp³-hybridized carbons (Fsp3) is 0.643. The van der Waals surface area contributed by atoms with E-state index in [2.05, 4.69) is 6.92 Å². The van der Waals surface area contributed by atoms with Crippen molar-refractivity contribution in [3.63, 3.8) is 0 Å². The normalized spacial score (nSPS) is 20.9. The van der Waals surface area contributed by atoms with E-state index in [4.69, 9.17) is 0 Å². The molecule has 1 saturated heterocycles. The van der Waals surface area contributed by atoms with Gasteiger partial charge in [0.25, 0.3) is 0 Å². The van der Waals surface area contributed by atoms with E-state index in [1.165, 1.54) is 0 Å². The fourth-order valence-electron chi connectivity index (χ4n) is 2.52. The lowest BCUT2D eigenvalue weighted by molar-refractivity contribution is -0.132. The van der Waals surface area contributed by atoms with Crippen LogP contribution in [0.2, 0.25) is 0 Å². The second-order valence-electron chi connectivity index (χ2n) is 5.25. The molecule has 1 fully saturated rings. The minimum Gasteiger partial charge on any atom is -0.338 e. The molecule has 4 nitrogen and oxygen atoms in total. The highest BCUT2D eigenvalue weighted by Gasteiger charge is 2.34. The average Bonchev–Trinajstić information content (AvgIpc) is 3.00. The molecule has 0 saturated carbocycles. The van der Waals surface area contributed by atoms with Gasteiger partial charge in [-0.3, -0.25) is 4.79 Å². The first-order valence-corrected chi connectivity index (χ1v) is 9.74. The minimum absolute atomic E-state index is 0.0583. The maximum Gasteiger partial charge on any atom is 0.228 e. The van der Waals surface area contributed by atoms with Crippen LogP contribution in [0.4, 0.5) is 0 Å². The second kappa shape index (κ2) is 6.72. The summed E-state index contributed by atoms with van der Waals surface area (Å²) in [6.07, 6.45) is 2.90. The van der Waals surface area contributed by atoms with Crippen molar-refractivity contribution in [2.24, 2.45) is 0 Å². The lowest BCUT2D eigenvalue weighted by Gasteiger charge is -2.28. The predicted octanol–water partition coefficient (Wildman–Crippen LogP) is 2.11. The van der Waals surface area contributed by atoms with Crippen molar-refractivity contribution in [2.45, 2.75) is 38.6 Å². The number of amides is 1. The third-order valence-electron chi connectivity index (χ3n) is 3.63. The van der Waals surface area contributed by atoms with Gasteiger partial charge in [0.1, 0.15) is 0 Å². The van der Waals surface area contributed by atoms with Crippen LogP contribution in [-0.2, 0) is 21.1 Å². The summed E-state index contributed by atoms with van der Waals surface area (Å²) in [7, 11) is -2.95. The molecule has 1 aromatic rings. The molecular weight excluding hydrogens is 294 g/mol. The van der Waals surface area contributed by atoms with Gasteiger partial charge < -0.3 is 4.90 Å². The number of nitrogens with zero attached hydrogens (tertiary/aromatic N) is 1. The van der Waals surface area contributed by atoms with Crippen LogP contribution < -0.4 is 0 Å². The zero-order chi connectivity index (χ0) is 14.6. The van der Waals surface area contributed by atoms with E-state index < -0.39 is 9.84 Å². The van der Waals surface area contributed by atoms with Gasteiger partial charge in [-0.05, 0) is 24.3 Å². The second-order valence-corrected chi connectivity index (χ2v) is 8.51. The largest absolute Gasteiger partial charge is 0.338 e. The summed E-state index contributed by atoms with van der Waals surface area (Å²) in [5, 5.41) is 1.96. The number of hydrogen-bond acceptors (Lipinski definition) is 4. The van der Waals surface area contributed by atoms with E-state index in [0.717, 1.165) is 17.7 Å². The third-order valence-corrected chi connectivity index (χ3v) is 6.25. The SMILES string of the molecule is CCCCN(C(=O)Cc1cccs1)C1CCS(=O)(=O)C1. The Labute approximate surface area is 124 Å². The van der Waals surface area contributed by atoms with Crippen molar-refractivity contribution < 1.29 is 13.2 Å². The smallest absolute Gasteiger partial charge is 0.228 e. The number of rotatable bonds is 6. The molecule has 0 aromatic carbocycles. The molecule has 1 aliphatic rings. The Balaban J connectivity index is 2.04. The number of hydrogen-bond donors (Lipinski definition) is 0. The molecule has 6 heteroatoms. The summed E-state index contributed by atoms with van der Waals surface area (Å²) in [5.41, 5.74) is 0. The summed E-state index contributed by atoms with van der Waals surface area (Å²) in [4.78, 5) is 15.3. The van der Waals surface area contributed by atoms with E-state index in [0.29, 0.717) is 19.4 Å². The Bertz CT molecular complexity index is 537. The number of carbonyl (C=O) groups excluding carboxylic acids is 1. The van der Waals surface area contributed by atoms with Gasteiger partial charge >= 0.3 is 0 Å². The molecule has 1 aromatic heterocycles. The van der Waals surface area contributed by atoms with E-state index >= 15 is 0 Å². The molecule has 1 unspecified atom stereocenters. The van der Waals surface area contributed by atoms with Gasteiger partial charge in [-0.25, -0.2) is 8.42 Å². The fourth-order valence-corrected chi connectivity index (χ4v) is 4.95. The zero-order valence-corrected chi connectivity index (χ0v) is 13.4.